The zero-order valence-electron chi connectivity index (χ0n) is 12.1. The second kappa shape index (κ2) is 6.26. The van der Waals surface area contributed by atoms with Gasteiger partial charge >= 0.3 is 0 Å². The van der Waals surface area contributed by atoms with E-state index < -0.39 is 0 Å². The Morgan fingerprint density at radius 3 is 2.68 bits per heavy atom. The molecular formula is C15H24N2O2. The first-order chi connectivity index (χ1) is 9.15. The fraction of sp³-hybridized carbons (Fsp3) is 0.600. The Labute approximate surface area is 115 Å². The van der Waals surface area contributed by atoms with E-state index in [1.54, 1.807) is 0 Å². The lowest BCUT2D eigenvalue weighted by Gasteiger charge is -2.29. The summed E-state index contributed by atoms with van der Waals surface area (Å²) in [5.41, 5.74) is 7.42. The third kappa shape index (κ3) is 3.19. The van der Waals surface area contributed by atoms with Crippen molar-refractivity contribution in [3.63, 3.8) is 0 Å². The number of hydrogen-bond acceptors (Lipinski definition) is 4. The summed E-state index contributed by atoms with van der Waals surface area (Å²) >= 11 is 0. The van der Waals surface area contributed by atoms with Gasteiger partial charge in [0.05, 0.1) is 0 Å². The Morgan fingerprint density at radius 2 is 2.00 bits per heavy atom. The zero-order valence-corrected chi connectivity index (χ0v) is 12.1. The van der Waals surface area contributed by atoms with Crippen LogP contribution in [0.5, 0.6) is 11.5 Å². The molecule has 2 unspecified atom stereocenters. The van der Waals surface area contributed by atoms with Gasteiger partial charge in [0.1, 0.15) is 0 Å². The molecule has 1 aromatic rings. The van der Waals surface area contributed by atoms with Gasteiger partial charge in [0.15, 0.2) is 11.5 Å². The molecule has 4 nitrogen and oxygen atoms in total. The van der Waals surface area contributed by atoms with Crippen LogP contribution in [-0.2, 0) is 0 Å². The number of nitrogens with zero attached hydrogens (tertiary/aromatic N) is 1. The van der Waals surface area contributed by atoms with Crippen LogP contribution in [0.15, 0.2) is 18.2 Å². The fourth-order valence-corrected chi connectivity index (χ4v) is 2.38. The highest BCUT2D eigenvalue weighted by atomic mass is 16.7. The van der Waals surface area contributed by atoms with Gasteiger partial charge < -0.3 is 15.2 Å². The summed E-state index contributed by atoms with van der Waals surface area (Å²) in [7, 11) is 0. The molecule has 4 heteroatoms. The van der Waals surface area contributed by atoms with Gasteiger partial charge in [-0.2, -0.15) is 0 Å². The van der Waals surface area contributed by atoms with Gasteiger partial charge in [0.25, 0.3) is 0 Å². The molecule has 0 bridgehead atoms. The van der Waals surface area contributed by atoms with Crippen molar-refractivity contribution in [2.75, 3.05) is 19.9 Å². The third-order valence-electron chi connectivity index (χ3n) is 3.88. The minimum Gasteiger partial charge on any atom is -0.454 e. The van der Waals surface area contributed by atoms with E-state index in [9.17, 15) is 0 Å². The summed E-state index contributed by atoms with van der Waals surface area (Å²) in [6.07, 6.45) is 1.14. The molecular weight excluding hydrogens is 240 g/mol. The van der Waals surface area contributed by atoms with Gasteiger partial charge in [-0.25, -0.2) is 0 Å². The Morgan fingerprint density at radius 1 is 1.26 bits per heavy atom. The standard InChI is InChI=1S/C15H24N2O2/c1-4-11(3)17(5-2)9-13(16)12-6-7-14-15(8-12)19-10-18-14/h6-8,11,13H,4-5,9-10,16H2,1-3H3. The number of hydrogen-bond donors (Lipinski definition) is 1. The van der Waals surface area contributed by atoms with E-state index in [1.807, 2.05) is 18.2 Å². The van der Waals surface area contributed by atoms with Crippen molar-refractivity contribution in [2.45, 2.75) is 39.3 Å². The fourth-order valence-electron chi connectivity index (χ4n) is 2.38. The van der Waals surface area contributed by atoms with Crippen LogP contribution in [0, 0.1) is 0 Å². The predicted molar refractivity (Wildman–Crippen MR) is 76.5 cm³/mol. The largest absolute Gasteiger partial charge is 0.454 e. The lowest BCUT2D eigenvalue weighted by molar-refractivity contribution is 0.174. The van der Waals surface area contributed by atoms with Crippen molar-refractivity contribution >= 4 is 0 Å². The SMILES string of the molecule is CCC(C)N(CC)CC(N)c1ccc2c(c1)OCO2. The molecule has 0 saturated carbocycles. The van der Waals surface area contributed by atoms with Crippen molar-refractivity contribution in [1.29, 1.82) is 0 Å². The highest BCUT2D eigenvalue weighted by Gasteiger charge is 2.19. The highest BCUT2D eigenvalue weighted by molar-refractivity contribution is 5.45. The number of fused-ring (bicyclic) bond motifs is 1. The van der Waals surface area contributed by atoms with E-state index in [-0.39, 0.29) is 6.04 Å². The minimum absolute atomic E-state index is 0.00319. The van der Waals surface area contributed by atoms with Crippen LogP contribution in [-0.4, -0.2) is 30.8 Å². The molecule has 0 amide bonds. The van der Waals surface area contributed by atoms with Gasteiger partial charge in [-0.3, -0.25) is 4.90 Å². The lowest BCUT2D eigenvalue weighted by Crippen LogP contribution is -2.38. The maximum absolute atomic E-state index is 6.32. The summed E-state index contributed by atoms with van der Waals surface area (Å²) in [5, 5.41) is 0. The number of rotatable bonds is 6. The van der Waals surface area contributed by atoms with Crippen LogP contribution in [0.25, 0.3) is 0 Å². The molecule has 1 heterocycles. The van der Waals surface area contributed by atoms with Crippen LogP contribution in [0.3, 0.4) is 0 Å². The molecule has 0 radical (unpaired) electrons. The maximum Gasteiger partial charge on any atom is 0.231 e. The summed E-state index contributed by atoms with van der Waals surface area (Å²) in [5.74, 6) is 1.62. The average Bonchev–Trinajstić information content (AvgIpc) is 2.90. The van der Waals surface area contributed by atoms with Gasteiger partial charge in [0, 0.05) is 18.6 Å². The monoisotopic (exact) mass is 264 g/mol. The Kier molecular flexibility index (Phi) is 4.66. The lowest BCUT2D eigenvalue weighted by atomic mass is 10.1. The summed E-state index contributed by atoms with van der Waals surface area (Å²) < 4.78 is 10.7. The van der Waals surface area contributed by atoms with Crippen molar-refractivity contribution < 1.29 is 9.47 Å². The van der Waals surface area contributed by atoms with Crippen LogP contribution < -0.4 is 15.2 Å². The average molecular weight is 264 g/mol. The van der Waals surface area contributed by atoms with Crippen LogP contribution >= 0.6 is 0 Å². The molecule has 0 fully saturated rings. The van der Waals surface area contributed by atoms with E-state index in [2.05, 4.69) is 25.7 Å². The first kappa shape index (κ1) is 14.2. The van der Waals surface area contributed by atoms with Crippen LogP contribution in [0.2, 0.25) is 0 Å². The van der Waals surface area contributed by atoms with E-state index in [4.69, 9.17) is 15.2 Å². The molecule has 106 valence electrons. The smallest absolute Gasteiger partial charge is 0.231 e. The van der Waals surface area contributed by atoms with Crippen LogP contribution in [0.1, 0.15) is 38.8 Å². The van der Waals surface area contributed by atoms with Gasteiger partial charge in [-0.1, -0.05) is 19.9 Å². The summed E-state index contributed by atoms with van der Waals surface area (Å²) in [4.78, 5) is 2.41. The third-order valence-corrected chi connectivity index (χ3v) is 3.88. The molecule has 1 aliphatic heterocycles. The number of nitrogens with two attached hydrogens (primary N) is 1. The van der Waals surface area contributed by atoms with E-state index in [0.717, 1.165) is 36.6 Å². The predicted octanol–water partition coefficient (Wildman–Crippen LogP) is 2.54. The zero-order chi connectivity index (χ0) is 13.8. The molecule has 2 atom stereocenters. The van der Waals surface area contributed by atoms with Gasteiger partial charge in [-0.05, 0) is 37.6 Å². The summed E-state index contributed by atoms with van der Waals surface area (Å²) in [6, 6.07) is 6.53. The number of benzene rings is 1. The minimum atomic E-state index is 0.00319. The Balaban J connectivity index is 2.05. The normalized spacial score (nSPS) is 16.7. The Bertz CT molecular complexity index is 423. The second-order valence-electron chi connectivity index (χ2n) is 5.06. The van der Waals surface area contributed by atoms with Crippen molar-refractivity contribution in [3.05, 3.63) is 23.8 Å². The second-order valence-corrected chi connectivity index (χ2v) is 5.06. The molecule has 0 saturated heterocycles. The Hall–Kier alpha value is -1.26. The van der Waals surface area contributed by atoms with Crippen molar-refractivity contribution in [3.8, 4) is 11.5 Å². The van der Waals surface area contributed by atoms with E-state index in [1.165, 1.54) is 0 Å². The molecule has 0 aliphatic carbocycles. The van der Waals surface area contributed by atoms with Crippen molar-refractivity contribution in [1.82, 2.24) is 4.90 Å². The molecule has 0 spiro atoms. The highest BCUT2D eigenvalue weighted by Crippen LogP contribution is 2.34. The topological polar surface area (TPSA) is 47.7 Å². The number of ether oxygens (including phenoxy) is 2. The molecule has 0 aromatic heterocycles. The molecule has 1 aromatic carbocycles. The number of likely N-dealkylation sites (N-methyl/N-ethyl adjacent to an activating group) is 1. The van der Waals surface area contributed by atoms with E-state index in [0.29, 0.717) is 12.8 Å². The van der Waals surface area contributed by atoms with Gasteiger partial charge in [-0.15, -0.1) is 0 Å². The molecule has 19 heavy (non-hydrogen) atoms. The molecule has 1 aliphatic rings. The van der Waals surface area contributed by atoms with Gasteiger partial charge in [0.2, 0.25) is 6.79 Å². The van der Waals surface area contributed by atoms with E-state index >= 15 is 0 Å². The first-order valence-electron chi connectivity index (χ1n) is 7.04. The van der Waals surface area contributed by atoms with Crippen LogP contribution in [0.4, 0.5) is 0 Å². The van der Waals surface area contributed by atoms with Crippen molar-refractivity contribution in [2.24, 2.45) is 5.73 Å². The first-order valence-corrected chi connectivity index (χ1v) is 7.04. The summed E-state index contributed by atoms with van der Waals surface area (Å²) in [6.45, 7) is 8.83. The molecule has 2 N–H and O–H groups in total. The quantitative estimate of drug-likeness (QED) is 0.857. The maximum atomic E-state index is 6.32. The molecule has 2 rings (SSSR count).